The average Bonchev–Trinajstić information content (AvgIpc) is 2.77. The van der Waals surface area contributed by atoms with Crippen LogP contribution >= 0.6 is 0 Å². The minimum atomic E-state index is 0.00205. The highest BCUT2D eigenvalue weighted by molar-refractivity contribution is 6.02. The van der Waals surface area contributed by atoms with Crippen molar-refractivity contribution in [1.82, 2.24) is 9.88 Å². The fraction of sp³-hybridized carbons (Fsp3) is 0.500. The molecule has 0 bridgehead atoms. The van der Waals surface area contributed by atoms with Gasteiger partial charge in [0, 0.05) is 24.0 Å². The number of benzene rings is 1. The summed E-state index contributed by atoms with van der Waals surface area (Å²) in [6, 6.07) is 6.03. The molecule has 1 heterocycles. The SMILES string of the molecule is CCOc1ccc2c(c1)c(C)c(C(=O)NCC(C)C)n2CC. The van der Waals surface area contributed by atoms with Gasteiger partial charge in [0.25, 0.3) is 5.91 Å². The minimum Gasteiger partial charge on any atom is -0.494 e. The Morgan fingerprint density at radius 3 is 2.64 bits per heavy atom. The zero-order valence-electron chi connectivity index (χ0n) is 14.2. The molecule has 1 aromatic heterocycles. The summed E-state index contributed by atoms with van der Waals surface area (Å²) in [7, 11) is 0. The Morgan fingerprint density at radius 2 is 2.05 bits per heavy atom. The Balaban J connectivity index is 2.48. The van der Waals surface area contributed by atoms with E-state index in [0.717, 1.165) is 34.5 Å². The molecule has 0 aliphatic carbocycles. The maximum Gasteiger partial charge on any atom is 0.268 e. The standard InChI is InChI=1S/C18H26N2O2/c1-6-20-16-9-8-14(22-7-2)10-15(16)13(5)17(20)18(21)19-11-12(3)4/h8-10,12H,6-7,11H2,1-5H3,(H,19,21). The molecule has 1 aromatic carbocycles. The number of fused-ring (bicyclic) bond motifs is 1. The Hall–Kier alpha value is -1.97. The predicted molar refractivity (Wildman–Crippen MR) is 90.7 cm³/mol. The number of nitrogens with zero attached hydrogens (tertiary/aromatic N) is 1. The number of aromatic nitrogens is 1. The maximum absolute atomic E-state index is 12.6. The molecule has 1 amide bonds. The Labute approximate surface area is 132 Å². The molecule has 0 fully saturated rings. The molecule has 4 heteroatoms. The molecule has 0 atom stereocenters. The van der Waals surface area contributed by atoms with Gasteiger partial charge in [-0.15, -0.1) is 0 Å². The van der Waals surface area contributed by atoms with Gasteiger partial charge < -0.3 is 14.6 Å². The van der Waals surface area contributed by atoms with Crippen LogP contribution in [0.5, 0.6) is 5.75 Å². The van der Waals surface area contributed by atoms with Crippen LogP contribution in [0.25, 0.3) is 10.9 Å². The fourth-order valence-corrected chi connectivity index (χ4v) is 2.76. The van der Waals surface area contributed by atoms with Crippen molar-refractivity contribution in [2.24, 2.45) is 5.92 Å². The molecule has 0 spiro atoms. The number of carbonyl (C=O) groups excluding carboxylic acids is 1. The quantitative estimate of drug-likeness (QED) is 0.883. The Kier molecular flexibility index (Phi) is 5.11. The molecule has 0 saturated heterocycles. The molecule has 0 unspecified atom stereocenters. The van der Waals surface area contributed by atoms with Gasteiger partial charge in [-0.3, -0.25) is 4.79 Å². The van der Waals surface area contributed by atoms with Gasteiger partial charge >= 0.3 is 0 Å². The van der Waals surface area contributed by atoms with Crippen molar-refractivity contribution in [3.63, 3.8) is 0 Å². The van der Waals surface area contributed by atoms with Gasteiger partial charge in [-0.2, -0.15) is 0 Å². The van der Waals surface area contributed by atoms with Crippen molar-refractivity contribution < 1.29 is 9.53 Å². The van der Waals surface area contributed by atoms with Crippen LogP contribution in [0, 0.1) is 12.8 Å². The van der Waals surface area contributed by atoms with Crippen LogP contribution in [0.4, 0.5) is 0 Å². The number of hydrogen-bond acceptors (Lipinski definition) is 2. The van der Waals surface area contributed by atoms with Crippen LogP contribution in [-0.4, -0.2) is 23.6 Å². The number of aryl methyl sites for hydroxylation is 2. The second kappa shape index (κ2) is 6.86. The molecule has 120 valence electrons. The van der Waals surface area contributed by atoms with Gasteiger partial charge in [-0.1, -0.05) is 13.8 Å². The second-order valence-corrected chi connectivity index (χ2v) is 5.93. The molecule has 4 nitrogen and oxygen atoms in total. The lowest BCUT2D eigenvalue weighted by Gasteiger charge is -2.11. The molecular weight excluding hydrogens is 276 g/mol. The van der Waals surface area contributed by atoms with E-state index in [-0.39, 0.29) is 5.91 Å². The first-order valence-corrected chi connectivity index (χ1v) is 8.03. The van der Waals surface area contributed by atoms with E-state index in [0.29, 0.717) is 19.1 Å². The number of carbonyl (C=O) groups is 1. The molecule has 0 aliphatic rings. The topological polar surface area (TPSA) is 43.3 Å². The number of ether oxygens (including phenoxy) is 1. The van der Waals surface area contributed by atoms with Crippen LogP contribution in [0.1, 0.15) is 43.7 Å². The maximum atomic E-state index is 12.6. The molecule has 1 N–H and O–H groups in total. The molecule has 2 rings (SSSR count). The van der Waals surface area contributed by atoms with Gasteiger partial charge in [0.05, 0.1) is 6.61 Å². The van der Waals surface area contributed by atoms with E-state index >= 15 is 0 Å². The lowest BCUT2D eigenvalue weighted by Crippen LogP contribution is -2.29. The van der Waals surface area contributed by atoms with Crippen molar-refractivity contribution in [2.75, 3.05) is 13.2 Å². The summed E-state index contributed by atoms with van der Waals surface area (Å²) >= 11 is 0. The van der Waals surface area contributed by atoms with Crippen molar-refractivity contribution in [3.05, 3.63) is 29.5 Å². The van der Waals surface area contributed by atoms with Gasteiger partial charge in [0.2, 0.25) is 0 Å². The van der Waals surface area contributed by atoms with E-state index in [1.165, 1.54) is 0 Å². The summed E-state index contributed by atoms with van der Waals surface area (Å²) in [5.74, 6) is 1.29. The summed E-state index contributed by atoms with van der Waals surface area (Å²) in [5, 5.41) is 4.11. The van der Waals surface area contributed by atoms with Crippen molar-refractivity contribution in [2.45, 2.75) is 41.2 Å². The minimum absolute atomic E-state index is 0.00205. The summed E-state index contributed by atoms with van der Waals surface area (Å²) in [6.45, 7) is 12.3. The third-order valence-electron chi connectivity index (χ3n) is 3.80. The highest BCUT2D eigenvalue weighted by atomic mass is 16.5. The summed E-state index contributed by atoms with van der Waals surface area (Å²) in [5.41, 5.74) is 2.85. The van der Waals surface area contributed by atoms with Crippen LogP contribution in [0.2, 0.25) is 0 Å². The van der Waals surface area contributed by atoms with Crippen LogP contribution in [0.15, 0.2) is 18.2 Å². The van der Waals surface area contributed by atoms with Crippen LogP contribution < -0.4 is 10.1 Å². The van der Waals surface area contributed by atoms with Gasteiger partial charge in [0.1, 0.15) is 11.4 Å². The first kappa shape index (κ1) is 16.4. The third-order valence-corrected chi connectivity index (χ3v) is 3.80. The number of hydrogen-bond donors (Lipinski definition) is 1. The van der Waals surface area contributed by atoms with E-state index < -0.39 is 0 Å². The number of amides is 1. The zero-order valence-corrected chi connectivity index (χ0v) is 14.2. The van der Waals surface area contributed by atoms with Gasteiger partial charge in [-0.05, 0) is 50.5 Å². The van der Waals surface area contributed by atoms with E-state index in [9.17, 15) is 4.79 Å². The molecule has 2 aromatic rings. The molecule has 0 saturated carbocycles. The fourth-order valence-electron chi connectivity index (χ4n) is 2.76. The van der Waals surface area contributed by atoms with E-state index in [1.54, 1.807) is 0 Å². The van der Waals surface area contributed by atoms with E-state index in [1.807, 2.05) is 32.0 Å². The molecular formula is C18H26N2O2. The van der Waals surface area contributed by atoms with Gasteiger partial charge in [-0.25, -0.2) is 0 Å². The van der Waals surface area contributed by atoms with Crippen LogP contribution in [-0.2, 0) is 6.54 Å². The molecule has 22 heavy (non-hydrogen) atoms. The lowest BCUT2D eigenvalue weighted by atomic mass is 10.1. The van der Waals surface area contributed by atoms with E-state index in [2.05, 4.69) is 30.7 Å². The summed E-state index contributed by atoms with van der Waals surface area (Å²) in [4.78, 5) is 12.6. The zero-order chi connectivity index (χ0) is 16.3. The normalized spacial score (nSPS) is 11.2. The lowest BCUT2D eigenvalue weighted by molar-refractivity contribution is 0.0939. The summed E-state index contributed by atoms with van der Waals surface area (Å²) in [6.07, 6.45) is 0. The molecule has 0 radical (unpaired) electrons. The average molecular weight is 302 g/mol. The van der Waals surface area contributed by atoms with Crippen LogP contribution in [0.3, 0.4) is 0 Å². The Morgan fingerprint density at radius 1 is 1.32 bits per heavy atom. The van der Waals surface area contributed by atoms with Crippen molar-refractivity contribution in [3.8, 4) is 5.75 Å². The number of rotatable bonds is 6. The smallest absolute Gasteiger partial charge is 0.268 e. The van der Waals surface area contributed by atoms with Crippen molar-refractivity contribution >= 4 is 16.8 Å². The third kappa shape index (κ3) is 3.11. The first-order chi connectivity index (χ1) is 10.5. The summed E-state index contributed by atoms with van der Waals surface area (Å²) < 4.78 is 7.66. The predicted octanol–water partition coefficient (Wildman–Crippen LogP) is 3.75. The first-order valence-electron chi connectivity index (χ1n) is 8.03. The monoisotopic (exact) mass is 302 g/mol. The Bertz CT molecular complexity index is 671. The largest absolute Gasteiger partial charge is 0.494 e. The second-order valence-electron chi connectivity index (χ2n) is 5.93. The highest BCUT2D eigenvalue weighted by Crippen LogP contribution is 2.29. The number of nitrogens with one attached hydrogen (secondary N) is 1. The highest BCUT2D eigenvalue weighted by Gasteiger charge is 2.19. The van der Waals surface area contributed by atoms with Crippen molar-refractivity contribution in [1.29, 1.82) is 0 Å². The molecule has 0 aliphatic heterocycles. The van der Waals surface area contributed by atoms with E-state index in [4.69, 9.17) is 4.74 Å². The van der Waals surface area contributed by atoms with Gasteiger partial charge in [0.15, 0.2) is 0 Å².